The van der Waals surface area contributed by atoms with Gasteiger partial charge in [0.1, 0.15) is 23.6 Å². The number of esters is 1. The van der Waals surface area contributed by atoms with Gasteiger partial charge in [-0.15, -0.1) is 0 Å². The van der Waals surface area contributed by atoms with Gasteiger partial charge in [-0.2, -0.15) is 0 Å². The summed E-state index contributed by atoms with van der Waals surface area (Å²) in [6, 6.07) is 6.62. The van der Waals surface area contributed by atoms with E-state index in [1.54, 1.807) is 31.2 Å². The first-order valence-electron chi connectivity index (χ1n) is 8.30. The molecule has 0 unspecified atom stereocenters. The van der Waals surface area contributed by atoms with Crippen LogP contribution in [0.4, 0.5) is 5.69 Å². The minimum Gasteiger partial charge on any atom is -0.467 e. The third-order valence-electron chi connectivity index (χ3n) is 3.70. The fourth-order valence-electron chi connectivity index (χ4n) is 2.39. The Morgan fingerprint density at radius 2 is 2.15 bits per heavy atom. The molecule has 0 aliphatic carbocycles. The highest BCUT2D eigenvalue weighted by Gasteiger charge is 2.11. The Morgan fingerprint density at radius 1 is 1.30 bits per heavy atom. The van der Waals surface area contributed by atoms with Gasteiger partial charge in [0.15, 0.2) is 0 Å². The number of nitrogens with one attached hydrogen (secondary N) is 2. The molecule has 3 rings (SSSR count). The van der Waals surface area contributed by atoms with Crippen LogP contribution in [0.3, 0.4) is 0 Å². The Bertz CT molecular complexity index is 1010. The smallest absolute Gasteiger partial charge is 0.325 e. The molecule has 0 saturated heterocycles. The van der Waals surface area contributed by atoms with E-state index < -0.39 is 11.5 Å². The number of rotatable bonds is 7. The summed E-state index contributed by atoms with van der Waals surface area (Å²) in [6.45, 7) is 2.03. The molecule has 3 aromatic rings. The summed E-state index contributed by atoms with van der Waals surface area (Å²) in [6.07, 6.45) is 4.26. The number of pyridine rings is 1. The standard InChI is InChI=1S/C18H18N4O5/c1-2-26-16(23)10-19-14-9-20-15-6-5-12(11-22(15)18(14)25)17(24)21-8-13-4-3-7-27-13/h3-7,9,11,19H,2,8,10H2,1H3,(H,21,24). The third-order valence-corrected chi connectivity index (χ3v) is 3.70. The van der Waals surface area contributed by atoms with Crippen molar-refractivity contribution < 1.29 is 18.7 Å². The number of aromatic nitrogens is 2. The van der Waals surface area contributed by atoms with Crippen LogP contribution in [0, 0.1) is 0 Å². The molecule has 0 atom stereocenters. The molecule has 1 amide bonds. The monoisotopic (exact) mass is 370 g/mol. The third kappa shape index (κ3) is 4.32. The number of nitrogens with zero attached hydrogens (tertiary/aromatic N) is 2. The molecule has 140 valence electrons. The second kappa shape index (κ2) is 8.17. The number of carbonyl (C=O) groups is 2. The molecule has 3 heterocycles. The number of ether oxygens (including phenoxy) is 1. The van der Waals surface area contributed by atoms with Crippen LogP contribution in [0.25, 0.3) is 5.65 Å². The first kappa shape index (κ1) is 18.2. The first-order chi connectivity index (χ1) is 13.1. The van der Waals surface area contributed by atoms with Crippen molar-refractivity contribution >= 4 is 23.2 Å². The molecule has 0 aliphatic heterocycles. The SMILES string of the molecule is CCOC(=O)CNc1cnc2ccc(C(=O)NCc3ccco3)cn2c1=O. The molecule has 0 saturated carbocycles. The van der Waals surface area contributed by atoms with Crippen LogP contribution in [0.2, 0.25) is 0 Å². The summed E-state index contributed by atoms with van der Waals surface area (Å²) in [5.74, 6) is -0.216. The molecule has 9 heteroatoms. The van der Waals surface area contributed by atoms with E-state index in [0.717, 1.165) is 0 Å². The van der Waals surface area contributed by atoms with Crippen molar-refractivity contribution in [2.75, 3.05) is 18.5 Å². The Hall–Kier alpha value is -3.62. The second-order valence-electron chi connectivity index (χ2n) is 5.54. The number of fused-ring (bicyclic) bond motifs is 1. The van der Waals surface area contributed by atoms with Crippen molar-refractivity contribution in [1.29, 1.82) is 0 Å². The van der Waals surface area contributed by atoms with E-state index in [4.69, 9.17) is 9.15 Å². The van der Waals surface area contributed by atoms with Crippen molar-refractivity contribution in [3.63, 3.8) is 0 Å². The normalized spacial score (nSPS) is 10.6. The summed E-state index contributed by atoms with van der Waals surface area (Å²) in [4.78, 5) is 40.5. The fourth-order valence-corrected chi connectivity index (χ4v) is 2.39. The van der Waals surface area contributed by atoms with Gasteiger partial charge in [-0.1, -0.05) is 0 Å². The maximum atomic E-state index is 12.6. The molecular formula is C18H18N4O5. The number of anilines is 1. The molecule has 0 aromatic carbocycles. The lowest BCUT2D eigenvalue weighted by Crippen LogP contribution is -2.26. The summed E-state index contributed by atoms with van der Waals surface area (Å²) in [5, 5.41) is 5.41. The number of amides is 1. The van der Waals surface area contributed by atoms with Crippen LogP contribution in [0.5, 0.6) is 0 Å². The van der Waals surface area contributed by atoms with Gasteiger partial charge >= 0.3 is 5.97 Å². The predicted octanol–water partition coefficient (Wildman–Crippen LogP) is 1.19. The predicted molar refractivity (Wildman–Crippen MR) is 96.5 cm³/mol. The number of hydrogen-bond acceptors (Lipinski definition) is 7. The average molecular weight is 370 g/mol. The number of carbonyl (C=O) groups excluding carboxylic acids is 2. The molecular weight excluding hydrogens is 352 g/mol. The van der Waals surface area contributed by atoms with Crippen molar-refractivity contribution in [1.82, 2.24) is 14.7 Å². The molecule has 0 bridgehead atoms. The highest BCUT2D eigenvalue weighted by molar-refractivity contribution is 5.94. The van der Waals surface area contributed by atoms with E-state index in [0.29, 0.717) is 17.0 Å². The van der Waals surface area contributed by atoms with Crippen LogP contribution in [-0.4, -0.2) is 34.4 Å². The van der Waals surface area contributed by atoms with Gasteiger partial charge in [0.05, 0.1) is 31.2 Å². The lowest BCUT2D eigenvalue weighted by molar-refractivity contribution is -0.140. The zero-order valence-electron chi connectivity index (χ0n) is 14.6. The van der Waals surface area contributed by atoms with Gasteiger partial charge in [-0.3, -0.25) is 18.8 Å². The largest absolute Gasteiger partial charge is 0.467 e. The highest BCUT2D eigenvalue weighted by Crippen LogP contribution is 2.06. The van der Waals surface area contributed by atoms with Crippen molar-refractivity contribution in [3.05, 3.63) is 64.6 Å². The number of hydrogen-bond donors (Lipinski definition) is 2. The van der Waals surface area contributed by atoms with Crippen molar-refractivity contribution in [3.8, 4) is 0 Å². The average Bonchev–Trinajstić information content (AvgIpc) is 3.19. The van der Waals surface area contributed by atoms with E-state index in [9.17, 15) is 14.4 Å². The van der Waals surface area contributed by atoms with Gasteiger partial charge in [0.25, 0.3) is 11.5 Å². The van der Waals surface area contributed by atoms with Gasteiger partial charge < -0.3 is 19.8 Å². The van der Waals surface area contributed by atoms with Gasteiger partial charge in [-0.05, 0) is 31.2 Å². The van der Waals surface area contributed by atoms with Crippen molar-refractivity contribution in [2.45, 2.75) is 13.5 Å². The molecule has 0 aliphatic rings. The Balaban J connectivity index is 1.78. The van der Waals surface area contributed by atoms with Crippen LogP contribution < -0.4 is 16.2 Å². The van der Waals surface area contributed by atoms with Gasteiger partial charge in [-0.25, -0.2) is 4.98 Å². The quantitative estimate of drug-likeness (QED) is 0.600. The summed E-state index contributed by atoms with van der Waals surface area (Å²) in [7, 11) is 0. The number of furan rings is 1. The van der Waals surface area contributed by atoms with Gasteiger partial charge in [0, 0.05) is 6.20 Å². The zero-order valence-corrected chi connectivity index (χ0v) is 14.6. The topological polar surface area (TPSA) is 115 Å². The molecule has 27 heavy (non-hydrogen) atoms. The van der Waals surface area contributed by atoms with Crippen LogP contribution >= 0.6 is 0 Å². The van der Waals surface area contributed by atoms with E-state index in [2.05, 4.69) is 15.6 Å². The minimum absolute atomic E-state index is 0.133. The molecule has 0 radical (unpaired) electrons. The van der Waals surface area contributed by atoms with Crippen LogP contribution in [0.15, 0.2) is 52.1 Å². The minimum atomic E-state index is -0.479. The van der Waals surface area contributed by atoms with E-state index in [-0.39, 0.29) is 31.3 Å². The van der Waals surface area contributed by atoms with Crippen LogP contribution in [-0.2, 0) is 16.1 Å². The lowest BCUT2D eigenvalue weighted by atomic mass is 10.2. The fraction of sp³-hybridized carbons (Fsp3) is 0.222. The highest BCUT2D eigenvalue weighted by atomic mass is 16.5. The van der Waals surface area contributed by atoms with Crippen molar-refractivity contribution in [2.24, 2.45) is 0 Å². The molecule has 9 nitrogen and oxygen atoms in total. The Labute approximate surface area is 154 Å². The summed E-state index contributed by atoms with van der Waals surface area (Å²) < 4.78 is 11.2. The Morgan fingerprint density at radius 3 is 2.89 bits per heavy atom. The van der Waals surface area contributed by atoms with Crippen LogP contribution in [0.1, 0.15) is 23.0 Å². The summed E-state index contributed by atoms with van der Waals surface area (Å²) >= 11 is 0. The second-order valence-corrected chi connectivity index (χ2v) is 5.54. The van der Waals surface area contributed by atoms with Gasteiger partial charge in [0.2, 0.25) is 0 Å². The molecule has 3 aromatic heterocycles. The lowest BCUT2D eigenvalue weighted by Gasteiger charge is -2.08. The Kier molecular flexibility index (Phi) is 5.50. The molecule has 2 N–H and O–H groups in total. The first-order valence-corrected chi connectivity index (χ1v) is 8.30. The molecule has 0 fully saturated rings. The van der Waals surface area contributed by atoms with E-state index >= 15 is 0 Å². The zero-order chi connectivity index (χ0) is 19.2. The molecule has 0 spiro atoms. The maximum absolute atomic E-state index is 12.6. The maximum Gasteiger partial charge on any atom is 0.325 e. The van der Waals surface area contributed by atoms with E-state index in [1.165, 1.54) is 23.1 Å². The van der Waals surface area contributed by atoms with E-state index in [1.807, 2.05) is 0 Å². The summed E-state index contributed by atoms with van der Waals surface area (Å²) in [5.41, 5.74) is 0.378.